The maximum Gasteiger partial charge on any atom is 0.106 e. The first kappa shape index (κ1) is 16.1. The van der Waals surface area contributed by atoms with Gasteiger partial charge in [-0.15, -0.1) is 0 Å². The molecule has 0 aromatic carbocycles. The van der Waals surface area contributed by atoms with Crippen LogP contribution in [0.25, 0.3) is 0 Å². The fourth-order valence-corrected chi connectivity index (χ4v) is 1.28. The second kappa shape index (κ2) is 18.4. The van der Waals surface area contributed by atoms with Crippen LogP contribution in [0.3, 0.4) is 0 Å². The van der Waals surface area contributed by atoms with Gasteiger partial charge < -0.3 is 10.1 Å². The molecule has 1 N–H and O–H groups in total. The Morgan fingerprint density at radius 3 is 1.86 bits per heavy atom. The molecule has 0 aliphatic heterocycles. The molecule has 14 heavy (non-hydrogen) atoms. The minimum absolute atomic E-state index is 1.21. The number of rotatable bonds is 9. The number of unbranched alkanes of at least 4 members (excludes halogenated alkanes) is 5. The lowest BCUT2D eigenvalue weighted by molar-refractivity contribution is -0.0979. The van der Waals surface area contributed by atoms with Crippen LogP contribution in [-0.4, -0.2) is 19.9 Å². The maximum absolute atomic E-state index is 8.00. The van der Waals surface area contributed by atoms with E-state index < -0.39 is 0 Å². The Morgan fingerprint density at radius 1 is 0.786 bits per heavy atom. The Bertz CT molecular complexity index is 76.4. The molecule has 0 fully saturated rings. The highest BCUT2D eigenvalue weighted by atomic mass is 16.1. The fraction of sp³-hybridized carbons (Fsp3) is 0.917. The Balaban J connectivity index is 0. The van der Waals surface area contributed by atoms with Crippen LogP contribution < -0.4 is 5.32 Å². The van der Waals surface area contributed by atoms with E-state index in [0.29, 0.717) is 0 Å². The van der Waals surface area contributed by atoms with Crippen molar-refractivity contribution in [3.63, 3.8) is 0 Å². The summed E-state index contributed by atoms with van der Waals surface area (Å²) in [6.45, 7) is 8.94. The molecule has 0 aromatic rings. The number of hydrogen-bond acceptors (Lipinski definition) is 2. The van der Waals surface area contributed by atoms with E-state index in [9.17, 15) is 0 Å². The molecule has 0 atom stereocenters. The third-order valence-electron chi connectivity index (χ3n) is 2.16. The Labute approximate surface area is 89.5 Å². The molecular weight excluding hydrogens is 174 g/mol. The van der Waals surface area contributed by atoms with E-state index in [2.05, 4.69) is 19.2 Å². The van der Waals surface area contributed by atoms with Crippen molar-refractivity contribution in [3.05, 3.63) is 0 Å². The van der Waals surface area contributed by atoms with E-state index in [4.69, 9.17) is 4.79 Å². The van der Waals surface area contributed by atoms with E-state index in [-0.39, 0.29) is 0 Å². The Morgan fingerprint density at radius 2 is 1.29 bits per heavy atom. The number of carbonyl (C=O) groups excluding carboxylic acids is 1. The average Bonchev–Trinajstić information content (AvgIpc) is 2.25. The van der Waals surface area contributed by atoms with Crippen molar-refractivity contribution in [2.24, 2.45) is 0 Å². The number of nitrogens with one attached hydrogen (secondary N) is 1. The summed E-state index contributed by atoms with van der Waals surface area (Å²) in [6.07, 6.45) is 9.60. The third kappa shape index (κ3) is 17.6. The smallest absolute Gasteiger partial charge is 0.106 e. The summed E-state index contributed by atoms with van der Waals surface area (Å²) < 4.78 is 0. The minimum Gasteiger partial charge on any atom is -0.317 e. The zero-order chi connectivity index (χ0) is 11.1. The van der Waals surface area contributed by atoms with Crippen molar-refractivity contribution in [2.45, 2.75) is 58.8 Å². The molecule has 0 aliphatic rings. The van der Waals surface area contributed by atoms with Gasteiger partial charge in [0.05, 0.1) is 0 Å². The molecule has 0 aliphatic carbocycles. The number of hydrogen-bond donors (Lipinski definition) is 1. The molecule has 0 aromatic heterocycles. The van der Waals surface area contributed by atoms with Gasteiger partial charge in [0.1, 0.15) is 6.79 Å². The summed E-state index contributed by atoms with van der Waals surface area (Å²) in [4.78, 5) is 8.00. The van der Waals surface area contributed by atoms with Gasteiger partial charge in [0.15, 0.2) is 0 Å². The highest BCUT2D eigenvalue weighted by Crippen LogP contribution is 2.00. The molecule has 2 nitrogen and oxygen atoms in total. The molecule has 86 valence electrons. The van der Waals surface area contributed by atoms with Gasteiger partial charge in [-0.2, -0.15) is 0 Å². The zero-order valence-corrected chi connectivity index (χ0v) is 9.98. The molecule has 0 bridgehead atoms. The molecule has 0 spiro atoms. The topological polar surface area (TPSA) is 29.1 Å². The van der Waals surface area contributed by atoms with Crippen molar-refractivity contribution < 1.29 is 4.79 Å². The molecule has 0 heterocycles. The van der Waals surface area contributed by atoms with Gasteiger partial charge in [-0.25, -0.2) is 0 Å². The van der Waals surface area contributed by atoms with Crippen LogP contribution >= 0.6 is 0 Å². The van der Waals surface area contributed by atoms with Crippen LogP contribution in [0.1, 0.15) is 58.8 Å². The Hall–Kier alpha value is -0.370. The Kier molecular flexibility index (Phi) is 21.2. The summed E-state index contributed by atoms with van der Waals surface area (Å²) in [5, 5.41) is 3.46. The van der Waals surface area contributed by atoms with Crippen molar-refractivity contribution in [1.82, 2.24) is 5.32 Å². The second-order valence-corrected chi connectivity index (χ2v) is 3.52. The van der Waals surface area contributed by atoms with Crippen molar-refractivity contribution in [3.8, 4) is 0 Å². The molecule has 0 saturated heterocycles. The minimum atomic E-state index is 1.21. The maximum atomic E-state index is 8.00. The summed E-state index contributed by atoms with van der Waals surface area (Å²) in [5.74, 6) is 0. The molecule has 0 saturated carbocycles. The SMILES string of the molecule is C=O.CCCCCCCNCCCC. The predicted molar refractivity (Wildman–Crippen MR) is 63.7 cm³/mol. The first-order valence-corrected chi connectivity index (χ1v) is 5.91. The molecule has 0 rings (SSSR count). The number of carbonyl (C=O) groups is 1. The van der Waals surface area contributed by atoms with Gasteiger partial charge in [0.2, 0.25) is 0 Å². The van der Waals surface area contributed by atoms with Gasteiger partial charge >= 0.3 is 0 Å². The first-order valence-electron chi connectivity index (χ1n) is 5.91. The largest absolute Gasteiger partial charge is 0.317 e. The summed E-state index contributed by atoms with van der Waals surface area (Å²) in [7, 11) is 0. The van der Waals surface area contributed by atoms with E-state index in [1.807, 2.05) is 6.79 Å². The normalized spacial score (nSPS) is 9.29. The van der Waals surface area contributed by atoms with Crippen LogP contribution in [0, 0.1) is 0 Å². The third-order valence-corrected chi connectivity index (χ3v) is 2.16. The monoisotopic (exact) mass is 201 g/mol. The van der Waals surface area contributed by atoms with E-state index in [0.717, 1.165) is 0 Å². The van der Waals surface area contributed by atoms with Gasteiger partial charge in [-0.1, -0.05) is 46.0 Å². The zero-order valence-electron chi connectivity index (χ0n) is 9.98. The molecule has 0 radical (unpaired) electrons. The van der Waals surface area contributed by atoms with E-state index in [1.54, 1.807) is 0 Å². The van der Waals surface area contributed by atoms with Gasteiger partial charge in [0, 0.05) is 0 Å². The summed E-state index contributed by atoms with van der Waals surface area (Å²) in [6, 6.07) is 0. The predicted octanol–water partition coefficient (Wildman–Crippen LogP) is 3.16. The summed E-state index contributed by atoms with van der Waals surface area (Å²) >= 11 is 0. The highest BCUT2D eigenvalue weighted by Gasteiger charge is 1.88. The highest BCUT2D eigenvalue weighted by molar-refractivity contribution is 5.10. The molecule has 0 amide bonds. The lowest BCUT2D eigenvalue weighted by Crippen LogP contribution is -2.16. The molecule has 0 unspecified atom stereocenters. The van der Waals surface area contributed by atoms with Crippen molar-refractivity contribution in [2.75, 3.05) is 13.1 Å². The van der Waals surface area contributed by atoms with Crippen LogP contribution in [0.4, 0.5) is 0 Å². The lowest BCUT2D eigenvalue weighted by atomic mass is 10.1. The quantitative estimate of drug-likeness (QED) is 0.581. The second-order valence-electron chi connectivity index (χ2n) is 3.52. The van der Waals surface area contributed by atoms with Crippen LogP contribution in [0.2, 0.25) is 0 Å². The fourth-order valence-electron chi connectivity index (χ4n) is 1.28. The standard InChI is InChI=1S/C11H25N.CH2O/c1-3-5-7-8-9-11-12-10-6-4-2;1-2/h12H,3-11H2,1-2H3;1H2. The summed E-state index contributed by atoms with van der Waals surface area (Å²) in [5.41, 5.74) is 0. The molecule has 2 heteroatoms. The van der Waals surface area contributed by atoms with Crippen LogP contribution in [-0.2, 0) is 4.79 Å². The van der Waals surface area contributed by atoms with Gasteiger partial charge in [-0.05, 0) is 25.9 Å². The van der Waals surface area contributed by atoms with E-state index >= 15 is 0 Å². The van der Waals surface area contributed by atoms with Gasteiger partial charge in [0.25, 0.3) is 0 Å². The van der Waals surface area contributed by atoms with Crippen LogP contribution in [0.5, 0.6) is 0 Å². The lowest BCUT2D eigenvalue weighted by Gasteiger charge is -2.02. The van der Waals surface area contributed by atoms with Gasteiger partial charge in [-0.3, -0.25) is 0 Å². The first-order chi connectivity index (χ1) is 6.91. The van der Waals surface area contributed by atoms with E-state index in [1.165, 1.54) is 58.0 Å². The molecular formula is C12H27NO. The van der Waals surface area contributed by atoms with Crippen molar-refractivity contribution in [1.29, 1.82) is 0 Å². The average molecular weight is 201 g/mol. The van der Waals surface area contributed by atoms with Crippen molar-refractivity contribution >= 4 is 6.79 Å². The van der Waals surface area contributed by atoms with Crippen LogP contribution in [0.15, 0.2) is 0 Å².